The van der Waals surface area contributed by atoms with Crippen molar-refractivity contribution in [3.8, 4) is 0 Å². The van der Waals surface area contributed by atoms with Crippen molar-refractivity contribution in [2.75, 3.05) is 33.5 Å². The molecule has 12 unspecified atom stereocenters. The molecule has 51 nitrogen and oxygen atoms in total. The molecule has 0 aromatic heterocycles. The normalized spacial score (nSPS) is 44.4. The Morgan fingerprint density at radius 2 is 0.623 bits per heavy atom. The van der Waals surface area contributed by atoms with E-state index in [-0.39, 0.29) is 55.3 Å². The van der Waals surface area contributed by atoms with Gasteiger partial charge in [-0.15, -0.1) is 17.3 Å². The third kappa shape index (κ3) is 24.7. The summed E-state index contributed by atoms with van der Waals surface area (Å²) in [5.74, 6) is 0. The lowest BCUT2D eigenvalue weighted by Crippen LogP contribution is -2.67. The van der Waals surface area contributed by atoms with E-state index in [1.54, 1.807) is 0 Å². The molecule has 8 rings (SSSR count). The molecule has 8 aliphatic rings. The second-order valence-electron chi connectivity index (χ2n) is 24.6. The van der Waals surface area contributed by atoms with Gasteiger partial charge in [0.1, 0.15) is 147 Å². The molecule has 106 heavy (non-hydrogen) atoms. The van der Waals surface area contributed by atoms with Crippen molar-refractivity contribution in [1.82, 2.24) is 18.9 Å². The second-order valence-corrected chi connectivity index (χ2v) is 29.0. The van der Waals surface area contributed by atoms with E-state index in [2.05, 4.69) is 64.7 Å². The fourth-order valence-electron chi connectivity index (χ4n) is 12.8. The minimum Gasteiger partial charge on any atom is -0.394 e. The Bertz CT molecular complexity index is 2750. The largest absolute Gasteiger partial charge is 0.397 e. The summed E-state index contributed by atoms with van der Waals surface area (Å²) in [7, 11) is -9.28. The van der Waals surface area contributed by atoms with Gasteiger partial charge in [0.25, 0.3) is 0 Å². The summed E-state index contributed by atoms with van der Waals surface area (Å²) in [5, 5.41) is 174. The zero-order valence-corrected chi connectivity index (χ0v) is 60.6. The van der Waals surface area contributed by atoms with Crippen LogP contribution in [0.5, 0.6) is 0 Å². The van der Waals surface area contributed by atoms with E-state index in [0.717, 1.165) is 7.11 Å². The zero-order chi connectivity index (χ0) is 77.5. The lowest BCUT2D eigenvalue weighted by atomic mass is 9.95. The van der Waals surface area contributed by atoms with Gasteiger partial charge in [-0.05, 0) is 27.7 Å². The number of aliphatic hydroxyl groups is 11. The molecule has 0 radical (unpaired) electrons. The minimum absolute atomic E-state index is 0.118. The molecule has 0 aromatic carbocycles. The predicted molar refractivity (Wildman–Crippen MR) is 332 cm³/mol. The molecule has 21 N–H and O–H groups in total. The highest BCUT2D eigenvalue weighted by molar-refractivity contribution is 7.93. The van der Waals surface area contributed by atoms with Crippen LogP contribution in [0.3, 0.4) is 0 Å². The topological polar surface area (TPSA) is 700 Å². The Morgan fingerprint density at radius 1 is 0.358 bits per heavy atom. The van der Waals surface area contributed by atoms with Gasteiger partial charge in [-0.25, -0.2) is 48.3 Å². The van der Waals surface area contributed by atoms with Crippen molar-refractivity contribution < 1.29 is 225 Å². The van der Waals surface area contributed by atoms with Crippen molar-refractivity contribution >= 4 is 69.7 Å². The third-order valence-electron chi connectivity index (χ3n) is 17.8. The average Bonchev–Trinajstić information content (AvgIpc) is 0.785. The highest BCUT2D eigenvalue weighted by Crippen LogP contribution is 2.40. The predicted octanol–water partition coefficient (Wildman–Crippen LogP) is -7.59. The number of hydrogen-bond donors (Lipinski definition) is 21. The highest BCUT2D eigenvalue weighted by atomic mass is 32.3. The van der Waals surface area contributed by atoms with Crippen molar-refractivity contribution in [3.63, 3.8) is 0 Å². The first-order valence-corrected chi connectivity index (χ1v) is 37.6. The van der Waals surface area contributed by atoms with E-state index in [0.29, 0.717) is 0 Å². The molecule has 36 atom stereocenters. The number of hydrogen-bond acceptors (Lipinski definition) is 53. The quantitative estimate of drug-likeness (QED) is 0.00679. The van der Waals surface area contributed by atoms with Crippen molar-refractivity contribution in [2.45, 2.75) is 274 Å². The van der Waals surface area contributed by atoms with Gasteiger partial charge in [0.2, 0.25) is 0 Å². The van der Waals surface area contributed by atoms with Gasteiger partial charge in [-0.2, -0.15) is 16.8 Å². The van der Waals surface area contributed by atoms with Crippen LogP contribution in [0.2, 0.25) is 0 Å². The SMILES string of the molecule is CO[C@@H]1OC(COS(=O)(=O)O)[C@@H](O[C@H]2C[C@H](O)[C@@H](O[C@@H]3OC(COS(=O)(=O)O)[C@@H](O[C@H]4C[C@H](O)[C@@H](O[C@@H]5OC(CO)[C@@H](O[C@H]6C[C@H](O)[C@@H](O[C@@H]7OC(CO)[C@@H](O[C@H]8C[C@H](O)[C@H](O)C(C)O8)[C@H](O)C7NSOOO)C(C)O6)[C@H](O)C5NSOOO)C(C)O4)[C@H](O)C3NSOOO)C(C)O2)[C@H](O)C1NSOOO. The van der Waals surface area contributed by atoms with Gasteiger partial charge < -0.3 is 132 Å². The van der Waals surface area contributed by atoms with Crippen LogP contribution in [0, 0.1) is 0 Å². The van der Waals surface area contributed by atoms with Crippen LogP contribution in [0.15, 0.2) is 0 Å². The Kier molecular flexibility index (Phi) is 36.8. The van der Waals surface area contributed by atoms with E-state index < -0.39 is 287 Å². The van der Waals surface area contributed by atoms with E-state index in [4.69, 9.17) is 96.8 Å². The van der Waals surface area contributed by atoms with Crippen molar-refractivity contribution in [1.29, 1.82) is 0 Å². The third-order valence-corrected chi connectivity index (χ3v) is 20.6. The molecule has 8 heterocycles. The Hall–Kier alpha value is -0.580. The van der Waals surface area contributed by atoms with Crippen LogP contribution in [0.1, 0.15) is 53.4 Å². The van der Waals surface area contributed by atoms with Gasteiger partial charge in [0.05, 0.1) is 99.4 Å². The maximum atomic E-state index is 12.1. The fourth-order valence-corrected chi connectivity index (χ4v) is 15.2. The molecular formula is C49H88N4O47S6. The summed E-state index contributed by atoms with van der Waals surface area (Å²) in [6.07, 6.45) is -50.6. The minimum atomic E-state index is -5.31. The van der Waals surface area contributed by atoms with E-state index >= 15 is 0 Å². The van der Waals surface area contributed by atoms with Crippen LogP contribution >= 0.6 is 48.9 Å². The Labute approximate surface area is 618 Å². The van der Waals surface area contributed by atoms with Crippen LogP contribution in [-0.4, -0.2) is 358 Å². The van der Waals surface area contributed by atoms with Crippen molar-refractivity contribution in [2.24, 2.45) is 0 Å². The first-order valence-electron chi connectivity index (χ1n) is 31.9. The number of methoxy groups -OCH3 is 1. The molecular weight excluding hydrogens is 1590 g/mol. The lowest BCUT2D eigenvalue weighted by Gasteiger charge is -2.49. The summed E-state index contributed by atoms with van der Waals surface area (Å²) in [5.41, 5.74) is 0. The molecule has 0 bridgehead atoms. The summed E-state index contributed by atoms with van der Waals surface area (Å²) in [4.78, 5) is 0. The number of nitrogens with one attached hydrogen (secondary N) is 4. The van der Waals surface area contributed by atoms with Crippen LogP contribution in [0.4, 0.5) is 0 Å². The van der Waals surface area contributed by atoms with E-state index in [1.165, 1.54) is 27.7 Å². The van der Waals surface area contributed by atoms with Gasteiger partial charge >= 0.3 is 20.8 Å². The lowest BCUT2D eigenvalue weighted by molar-refractivity contribution is -0.432. The first-order chi connectivity index (χ1) is 50.4. The summed E-state index contributed by atoms with van der Waals surface area (Å²) in [6, 6.07) is -5.94. The van der Waals surface area contributed by atoms with Gasteiger partial charge in [-0.3, -0.25) is 9.11 Å². The van der Waals surface area contributed by atoms with Gasteiger partial charge in [-0.1, -0.05) is 20.2 Å². The standard InChI is InChI=1S/C49H88N4O47S6/c1-14-34(60)18(56)6-26(78-14)86-42-22(10-54)82-47(31(36(42)62)51-102-98-94-66)90-39-15(2)79-27(7-19(39)57)87-43-23(11-55)83-48(32(37(43)63)52-103-99-95-67)91-40-16(3)80-29(8-20(40)58)89-45-25(13-77-106(72,73)74)85-49(33(38(45)64)53-104-100-96-68)92-41-17(4)81-28(9-21(41)59)88-44-24(12-76-105(69,70)71)84-46(75-5)30(35(44)61)50-101-97-93-65/h14-68H,6-13H2,1-5H3,(H,69,70,71)(H,72,73,74)/t14?,15?,16?,17?,18-,19-,20-,21-,22?,23?,24?,25?,26-,27-,28-,29-,30?,31?,32?,33?,34+,35+,36+,37+,38+,39-,40-,41-,42+,43+,44+,45+,46+,47-,48-,49-/m0/s1. The van der Waals surface area contributed by atoms with Gasteiger partial charge in [0.15, 0.2) is 50.3 Å². The van der Waals surface area contributed by atoms with Crippen LogP contribution < -0.4 is 18.9 Å². The first kappa shape index (κ1) is 91.0. The van der Waals surface area contributed by atoms with Gasteiger partial charge in [0, 0.05) is 32.8 Å². The monoisotopic (exact) mass is 1680 g/mol. The van der Waals surface area contributed by atoms with E-state index in [9.17, 15) is 82.1 Å². The smallest absolute Gasteiger partial charge is 0.394 e. The molecule has 57 heteroatoms. The summed E-state index contributed by atoms with van der Waals surface area (Å²) >= 11 is 0.803. The molecule has 622 valence electrons. The molecule has 8 fully saturated rings. The molecule has 8 aliphatic heterocycles. The molecule has 0 aromatic rings. The summed E-state index contributed by atoms with van der Waals surface area (Å²) in [6.45, 7) is 1.79. The fraction of sp³-hybridized carbons (Fsp3) is 1.00. The maximum Gasteiger partial charge on any atom is 0.397 e. The average molecular weight is 1680 g/mol. The maximum absolute atomic E-state index is 12.1. The number of aliphatic hydroxyl groups excluding tert-OH is 11. The molecule has 0 amide bonds. The van der Waals surface area contributed by atoms with Crippen LogP contribution in [0.25, 0.3) is 0 Å². The zero-order valence-electron chi connectivity index (χ0n) is 55.7. The summed E-state index contributed by atoms with van der Waals surface area (Å²) < 4.78 is 199. The van der Waals surface area contributed by atoms with Crippen molar-refractivity contribution in [3.05, 3.63) is 0 Å². The van der Waals surface area contributed by atoms with E-state index in [1.807, 2.05) is 0 Å². The Morgan fingerprint density at radius 3 is 0.887 bits per heavy atom. The number of ether oxygens (including phenoxy) is 16. The molecule has 0 saturated carbocycles. The second kappa shape index (κ2) is 42.9. The Balaban J connectivity index is 0.910. The molecule has 0 spiro atoms. The molecule has 0 aliphatic carbocycles. The highest BCUT2D eigenvalue weighted by Gasteiger charge is 2.57. The van der Waals surface area contributed by atoms with Crippen LogP contribution in [-0.2, 0) is 142 Å². The number of rotatable bonds is 39. The molecule has 8 saturated heterocycles.